The van der Waals surface area contributed by atoms with E-state index in [4.69, 9.17) is 4.18 Å². The Labute approximate surface area is 202 Å². The topological polar surface area (TPSA) is 75.7 Å². The molecule has 0 radical (unpaired) electrons. The second kappa shape index (κ2) is 15.3. The second-order valence-corrected chi connectivity index (χ2v) is 10.9. The maximum atomic E-state index is 12.8. The Kier molecular flexibility index (Phi) is 13.7. The van der Waals surface area contributed by atoms with Crippen molar-refractivity contribution in [2.24, 2.45) is 0 Å². The number of amides is 2. The first kappa shape index (κ1) is 29.4. The van der Waals surface area contributed by atoms with Crippen molar-refractivity contribution in [3.05, 3.63) is 29.3 Å². The summed E-state index contributed by atoms with van der Waals surface area (Å²) in [6.07, 6.45) is 11.6. The third-order valence-electron chi connectivity index (χ3n) is 5.93. The van der Waals surface area contributed by atoms with Crippen LogP contribution in [-0.4, -0.2) is 28.1 Å². The number of nitrogens with zero attached hydrogens (tertiary/aromatic N) is 1. The van der Waals surface area contributed by atoms with Gasteiger partial charge in [0.1, 0.15) is 0 Å². The molecule has 0 aromatic heterocycles. The minimum atomic E-state index is -4.15. The predicted octanol–water partition coefficient (Wildman–Crippen LogP) is 7.26. The molecule has 7 heteroatoms. The molecule has 1 rings (SSSR count). The molecule has 190 valence electrons. The minimum Gasteiger partial charge on any atom is -0.296 e. The molecule has 0 saturated heterocycles. The number of benzene rings is 1. The van der Waals surface area contributed by atoms with Crippen LogP contribution in [0.25, 0.3) is 0 Å². The van der Waals surface area contributed by atoms with Crippen LogP contribution in [-0.2, 0) is 14.5 Å². The number of nitrogens with one attached hydrogen (secondary N) is 1. The average Bonchev–Trinajstić information content (AvgIpc) is 2.75. The fourth-order valence-electron chi connectivity index (χ4n) is 3.96. The summed E-state index contributed by atoms with van der Waals surface area (Å²) < 4.78 is 31.7. The number of hydrogen-bond acceptors (Lipinski definition) is 4. The summed E-state index contributed by atoms with van der Waals surface area (Å²) in [7, 11) is -2.55. The molecule has 33 heavy (non-hydrogen) atoms. The summed E-state index contributed by atoms with van der Waals surface area (Å²) in [5, 5.41) is 0. The highest BCUT2D eigenvalue weighted by atomic mass is 32.2. The van der Waals surface area contributed by atoms with Gasteiger partial charge in [0.05, 0.1) is 12.3 Å². The second-order valence-electron chi connectivity index (χ2n) is 9.52. The minimum absolute atomic E-state index is 0.0860. The van der Waals surface area contributed by atoms with E-state index in [1.54, 1.807) is 7.05 Å². The maximum absolute atomic E-state index is 12.8. The molecule has 0 fully saturated rings. The lowest BCUT2D eigenvalue weighted by Crippen LogP contribution is -2.42. The van der Waals surface area contributed by atoms with Crippen molar-refractivity contribution in [2.45, 2.75) is 111 Å². The van der Waals surface area contributed by atoms with E-state index in [-0.39, 0.29) is 18.4 Å². The van der Waals surface area contributed by atoms with Crippen molar-refractivity contribution in [2.75, 3.05) is 18.6 Å². The molecule has 2 amide bonds. The first-order valence-electron chi connectivity index (χ1n) is 12.7. The zero-order valence-electron chi connectivity index (χ0n) is 21.7. The van der Waals surface area contributed by atoms with Crippen LogP contribution in [0.4, 0.5) is 10.5 Å². The van der Waals surface area contributed by atoms with E-state index in [9.17, 15) is 13.2 Å². The van der Waals surface area contributed by atoms with E-state index in [2.05, 4.69) is 39.3 Å². The number of anilines is 1. The molecule has 0 atom stereocenters. The van der Waals surface area contributed by atoms with Gasteiger partial charge < -0.3 is 0 Å². The zero-order chi connectivity index (χ0) is 24.9. The van der Waals surface area contributed by atoms with Crippen LogP contribution in [0.1, 0.15) is 122 Å². The molecule has 0 unspecified atom stereocenters. The smallest absolute Gasteiger partial charge is 0.296 e. The molecular formula is C26H46N2O4S. The van der Waals surface area contributed by atoms with Gasteiger partial charge in [-0.3, -0.25) is 9.08 Å². The van der Waals surface area contributed by atoms with Crippen molar-refractivity contribution >= 4 is 22.0 Å². The van der Waals surface area contributed by atoms with Gasteiger partial charge in [0.25, 0.3) is 0 Å². The van der Waals surface area contributed by atoms with Crippen LogP contribution >= 0.6 is 0 Å². The van der Waals surface area contributed by atoms with Crippen LogP contribution in [0.5, 0.6) is 0 Å². The highest BCUT2D eigenvalue weighted by molar-refractivity contribution is 7.85. The van der Waals surface area contributed by atoms with Gasteiger partial charge in [-0.15, -0.1) is 0 Å². The van der Waals surface area contributed by atoms with E-state index < -0.39 is 16.3 Å². The summed E-state index contributed by atoms with van der Waals surface area (Å²) in [5.41, 5.74) is 2.76. The Morgan fingerprint density at radius 3 is 1.79 bits per heavy atom. The van der Waals surface area contributed by atoms with Crippen LogP contribution in [0.15, 0.2) is 18.2 Å². The Hall–Kier alpha value is -1.60. The predicted molar refractivity (Wildman–Crippen MR) is 138 cm³/mol. The Balaban J connectivity index is 2.50. The first-order valence-corrected chi connectivity index (χ1v) is 14.1. The lowest BCUT2D eigenvalue weighted by atomic mass is 9.92. The summed E-state index contributed by atoms with van der Waals surface area (Å²) >= 11 is 0. The van der Waals surface area contributed by atoms with Gasteiger partial charge in [0.2, 0.25) is 0 Å². The maximum Gasteiger partial charge on any atom is 0.363 e. The monoisotopic (exact) mass is 482 g/mol. The molecule has 1 aromatic rings. The summed E-state index contributed by atoms with van der Waals surface area (Å²) in [4.78, 5) is 14.1. The molecule has 0 aliphatic heterocycles. The summed E-state index contributed by atoms with van der Waals surface area (Å²) in [5.74, 6) is 0.385. The van der Waals surface area contributed by atoms with Gasteiger partial charge >= 0.3 is 16.3 Å². The number of unbranched alkanes of at least 4 members (excludes halogenated alkanes) is 9. The first-order chi connectivity index (χ1) is 15.6. The molecule has 0 saturated carbocycles. The average molecular weight is 483 g/mol. The quantitative estimate of drug-likeness (QED) is 0.252. The number of rotatable bonds is 16. The molecule has 0 aliphatic carbocycles. The molecule has 6 nitrogen and oxygen atoms in total. The van der Waals surface area contributed by atoms with Gasteiger partial charge in [0.15, 0.2) is 0 Å². The van der Waals surface area contributed by atoms with Gasteiger partial charge in [0, 0.05) is 7.05 Å². The van der Waals surface area contributed by atoms with Crippen LogP contribution in [0.3, 0.4) is 0 Å². The van der Waals surface area contributed by atoms with Crippen molar-refractivity contribution in [1.82, 2.24) is 4.72 Å². The lowest BCUT2D eigenvalue weighted by Gasteiger charge is -2.27. The third kappa shape index (κ3) is 10.9. The molecule has 0 bridgehead atoms. The fraction of sp³-hybridized carbons (Fsp3) is 0.731. The fourth-order valence-corrected chi connectivity index (χ4v) is 4.71. The van der Waals surface area contributed by atoms with Crippen LogP contribution in [0.2, 0.25) is 0 Å². The van der Waals surface area contributed by atoms with Gasteiger partial charge in [-0.05, 0) is 29.4 Å². The van der Waals surface area contributed by atoms with Crippen molar-refractivity contribution in [1.29, 1.82) is 0 Å². The van der Waals surface area contributed by atoms with Crippen molar-refractivity contribution in [3.8, 4) is 0 Å². The van der Waals surface area contributed by atoms with Crippen molar-refractivity contribution < 1.29 is 17.4 Å². The Bertz CT molecular complexity index is 780. The summed E-state index contributed by atoms with van der Waals surface area (Å²) in [6.45, 7) is 10.5. The van der Waals surface area contributed by atoms with Gasteiger partial charge in [-0.2, -0.15) is 8.42 Å². The summed E-state index contributed by atoms with van der Waals surface area (Å²) in [6, 6.07) is 5.22. The van der Waals surface area contributed by atoms with Gasteiger partial charge in [-0.25, -0.2) is 9.52 Å². The largest absolute Gasteiger partial charge is 0.363 e. The molecule has 0 spiro atoms. The van der Waals surface area contributed by atoms with Gasteiger partial charge in [-0.1, -0.05) is 111 Å². The van der Waals surface area contributed by atoms with Crippen molar-refractivity contribution in [3.63, 3.8) is 0 Å². The van der Waals surface area contributed by atoms with Crippen LogP contribution < -0.4 is 9.62 Å². The normalized spacial score (nSPS) is 11.9. The zero-order valence-corrected chi connectivity index (χ0v) is 22.5. The molecule has 1 N–H and O–H groups in total. The third-order valence-corrected chi connectivity index (χ3v) is 6.83. The van der Waals surface area contributed by atoms with E-state index in [0.717, 1.165) is 29.7 Å². The molecule has 0 aliphatic rings. The highest BCUT2D eigenvalue weighted by Crippen LogP contribution is 2.34. The standard InChI is InChI=1S/C26H46N2O4S/c1-7-8-9-10-11-12-13-14-15-16-20-32-33(30,31)27-26(29)28(6)25-23(21(2)3)18-17-19-24(25)22(4)5/h17-19,21-22H,7-16,20H2,1-6H3,(H,27,29). The lowest BCUT2D eigenvalue weighted by molar-refractivity contribution is 0.248. The number of para-hydroxylation sites is 1. The number of hydrogen-bond donors (Lipinski definition) is 1. The van der Waals surface area contributed by atoms with E-state index in [1.807, 2.05) is 18.2 Å². The van der Waals surface area contributed by atoms with Crippen LogP contribution in [0, 0.1) is 0 Å². The molecule has 0 heterocycles. The van der Waals surface area contributed by atoms with E-state index >= 15 is 0 Å². The Morgan fingerprint density at radius 2 is 1.33 bits per heavy atom. The Morgan fingerprint density at radius 1 is 0.879 bits per heavy atom. The number of urea groups is 1. The number of carbonyl (C=O) groups is 1. The van der Waals surface area contributed by atoms with E-state index in [1.165, 1.54) is 49.8 Å². The molecule has 1 aromatic carbocycles. The highest BCUT2D eigenvalue weighted by Gasteiger charge is 2.24. The van der Waals surface area contributed by atoms with E-state index in [0.29, 0.717) is 6.42 Å². The molecular weight excluding hydrogens is 436 g/mol. The number of carbonyl (C=O) groups excluding carboxylic acids is 1. The SMILES string of the molecule is CCCCCCCCCCCCOS(=O)(=O)NC(=O)N(C)c1c(C(C)C)cccc1C(C)C.